The predicted molar refractivity (Wildman–Crippen MR) is 94.4 cm³/mol. The largest absolute Gasteiger partial charge is 0.335 e. The molecule has 2 atom stereocenters. The van der Waals surface area contributed by atoms with Crippen LogP contribution >= 0.6 is 11.6 Å². The molecular formula is C19H27ClN2O. The second kappa shape index (κ2) is 7.67. The van der Waals surface area contributed by atoms with Crippen LogP contribution in [0.3, 0.4) is 0 Å². The van der Waals surface area contributed by atoms with Gasteiger partial charge in [0.1, 0.15) is 0 Å². The van der Waals surface area contributed by atoms with Crippen LogP contribution in [0.1, 0.15) is 44.6 Å². The minimum atomic E-state index is 0.320. The van der Waals surface area contributed by atoms with Crippen molar-refractivity contribution in [2.45, 2.75) is 51.6 Å². The fourth-order valence-corrected chi connectivity index (χ4v) is 3.64. The molecule has 2 unspecified atom stereocenters. The van der Waals surface area contributed by atoms with Crippen LogP contribution in [0.15, 0.2) is 24.3 Å². The quantitative estimate of drug-likeness (QED) is 0.856. The highest BCUT2D eigenvalue weighted by Gasteiger charge is 2.33. The number of carbonyl (C=O) groups is 1. The first-order valence-electron chi connectivity index (χ1n) is 8.88. The van der Waals surface area contributed by atoms with Gasteiger partial charge in [-0.15, -0.1) is 0 Å². The third-order valence-corrected chi connectivity index (χ3v) is 5.46. The first-order chi connectivity index (χ1) is 11.1. The van der Waals surface area contributed by atoms with Gasteiger partial charge in [-0.1, -0.05) is 30.7 Å². The van der Waals surface area contributed by atoms with Gasteiger partial charge in [0.15, 0.2) is 0 Å². The minimum absolute atomic E-state index is 0.320. The van der Waals surface area contributed by atoms with Crippen molar-refractivity contribution in [3.63, 3.8) is 0 Å². The van der Waals surface area contributed by atoms with E-state index in [4.69, 9.17) is 11.6 Å². The number of halogens is 1. The summed E-state index contributed by atoms with van der Waals surface area (Å²) in [7, 11) is 0. The summed E-state index contributed by atoms with van der Waals surface area (Å²) in [4.78, 5) is 14.9. The van der Waals surface area contributed by atoms with Gasteiger partial charge in [-0.3, -0.25) is 4.79 Å². The van der Waals surface area contributed by atoms with Gasteiger partial charge < -0.3 is 10.2 Å². The van der Waals surface area contributed by atoms with Gasteiger partial charge in [-0.2, -0.15) is 0 Å². The zero-order valence-corrected chi connectivity index (χ0v) is 14.7. The molecule has 1 saturated carbocycles. The second-order valence-electron chi connectivity index (χ2n) is 7.17. The van der Waals surface area contributed by atoms with E-state index in [1.807, 2.05) is 24.3 Å². The van der Waals surface area contributed by atoms with Crippen LogP contribution in [0.4, 0.5) is 0 Å². The molecular weight excluding hydrogens is 308 g/mol. The topological polar surface area (TPSA) is 32.3 Å². The lowest BCUT2D eigenvalue weighted by Crippen LogP contribution is -2.37. The molecule has 126 valence electrons. The molecule has 1 saturated heterocycles. The zero-order chi connectivity index (χ0) is 16.2. The van der Waals surface area contributed by atoms with Gasteiger partial charge in [0.2, 0.25) is 5.91 Å². The molecule has 3 rings (SSSR count). The van der Waals surface area contributed by atoms with Crippen LogP contribution < -0.4 is 5.32 Å². The summed E-state index contributed by atoms with van der Waals surface area (Å²) in [6, 6.07) is 8.32. The maximum Gasteiger partial charge on any atom is 0.223 e. The number of rotatable bonds is 6. The Balaban J connectivity index is 1.58. The summed E-state index contributed by atoms with van der Waals surface area (Å²) in [5.41, 5.74) is 1.17. The molecule has 0 aromatic heterocycles. The third kappa shape index (κ3) is 4.71. The molecule has 2 aliphatic rings. The first kappa shape index (κ1) is 16.8. The Hall–Kier alpha value is -1.06. The van der Waals surface area contributed by atoms with Crippen LogP contribution in [0.25, 0.3) is 0 Å². The van der Waals surface area contributed by atoms with Crippen molar-refractivity contribution >= 4 is 17.5 Å². The highest BCUT2D eigenvalue weighted by Crippen LogP contribution is 2.31. The third-order valence-electron chi connectivity index (χ3n) is 5.21. The lowest BCUT2D eigenvalue weighted by Gasteiger charge is -2.30. The fourth-order valence-electron chi connectivity index (χ4n) is 3.52. The average Bonchev–Trinajstić information content (AvgIpc) is 3.39. The standard InChI is InChI=1S/C19H27ClN2O/c1-14(16-3-2-10-21-12-16)11-19(23)22(18-8-9-18)13-15-4-6-17(20)7-5-15/h4-7,14,16,18,21H,2-3,8-13H2,1H3. The minimum Gasteiger partial charge on any atom is -0.335 e. The van der Waals surface area contributed by atoms with Crippen molar-refractivity contribution in [3.05, 3.63) is 34.9 Å². The Morgan fingerprint density at radius 2 is 2.04 bits per heavy atom. The second-order valence-corrected chi connectivity index (χ2v) is 7.60. The number of piperidine rings is 1. The van der Waals surface area contributed by atoms with Gasteiger partial charge in [-0.05, 0) is 68.3 Å². The summed E-state index contributed by atoms with van der Waals surface area (Å²) in [5, 5.41) is 4.21. The molecule has 1 N–H and O–H groups in total. The van der Waals surface area contributed by atoms with Gasteiger partial charge in [-0.25, -0.2) is 0 Å². The fraction of sp³-hybridized carbons (Fsp3) is 0.632. The molecule has 1 aliphatic carbocycles. The number of amides is 1. The van der Waals surface area contributed by atoms with E-state index in [2.05, 4.69) is 17.1 Å². The van der Waals surface area contributed by atoms with Gasteiger partial charge in [0.05, 0.1) is 0 Å². The zero-order valence-electron chi connectivity index (χ0n) is 13.9. The van der Waals surface area contributed by atoms with Crippen molar-refractivity contribution < 1.29 is 4.79 Å². The van der Waals surface area contributed by atoms with Crippen LogP contribution in [-0.2, 0) is 11.3 Å². The maximum atomic E-state index is 12.8. The molecule has 3 nitrogen and oxygen atoms in total. The van der Waals surface area contributed by atoms with Gasteiger partial charge in [0, 0.05) is 24.0 Å². The summed E-state index contributed by atoms with van der Waals surface area (Å²) >= 11 is 5.95. The molecule has 1 aromatic rings. The molecule has 0 radical (unpaired) electrons. The Morgan fingerprint density at radius 3 is 2.65 bits per heavy atom. The van der Waals surface area contributed by atoms with Crippen molar-refractivity contribution in [1.82, 2.24) is 10.2 Å². The Morgan fingerprint density at radius 1 is 1.30 bits per heavy atom. The number of nitrogens with one attached hydrogen (secondary N) is 1. The van der Waals surface area contributed by atoms with E-state index in [0.29, 0.717) is 30.2 Å². The number of hydrogen-bond acceptors (Lipinski definition) is 2. The molecule has 2 fully saturated rings. The highest BCUT2D eigenvalue weighted by atomic mass is 35.5. The normalized spacial score (nSPS) is 22.6. The Kier molecular flexibility index (Phi) is 5.60. The van der Waals surface area contributed by atoms with Crippen LogP contribution in [0, 0.1) is 11.8 Å². The van der Waals surface area contributed by atoms with Crippen LogP contribution in [0.2, 0.25) is 5.02 Å². The van der Waals surface area contributed by atoms with Crippen molar-refractivity contribution in [1.29, 1.82) is 0 Å². The summed E-state index contributed by atoms with van der Waals surface area (Å²) in [6.45, 7) is 5.15. The Bertz CT molecular complexity index is 521. The average molecular weight is 335 g/mol. The molecule has 1 aliphatic heterocycles. The number of benzene rings is 1. The molecule has 1 amide bonds. The van der Waals surface area contributed by atoms with E-state index in [1.54, 1.807) is 0 Å². The van der Waals surface area contributed by atoms with Gasteiger partial charge >= 0.3 is 0 Å². The van der Waals surface area contributed by atoms with Crippen molar-refractivity contribution in [2.75, 3.05) is 13.1 Å². The number of nitrogens with zero attached hydrogens (tertiary/aromatic N) is 1. The van der Waals surface area contributed by atoms with E-state index in [-0.39, 0.29) is 0 Å². The summed E-state index contributed by atoms with van der Waals surface area (Å²) in [6.07, 6.45) is 5.47. The molecule has 23 heavy (non-hydrogen) atoms. The van der Waals surface area contributed by atoms with Gasteiger partial charge in [0.25, 0.3) is 0 Å². The predicted octanol–water partition coefficient (Wildman–Crippen LogP) is 3.86. The lowest BCUT2D eigenvalue weighted by molar-refractivity contribution is -0.133. The maximum absolute atomic E-state index is 12.8. The number of hydrogen-bond donors (Lipinski definition) is 1. The first-order valence-corrected chi connectivity index (χ1v) is 9.26. The Labute approximate surface area is 144 Å². The van der Waals surface area contributed by atoms with E-state index >= 15 is 0 Å². The monoisotopic (exact) mass is 334 g/mol. The summed E-state index contributed by atoms with van der Waals surface area (Å²) in [5.74, 6) is 1.42. The highest BCUT2D eigenvalue weighted by molar-refractivity contribution is 6.30. The molecule has 4 heteroatoms. The van der Waals surface area contributed by atoms with Crippen molar-refractivity contribution in [2.24, 2.45) is 11.8 Å². The molecule has 1 aromatic carbocycles. The molecule has 0 bridgehead atoms. The lowest BCUT2D eigenvalue weighted by atomic mass is 9.85. The number of carbonyl (C=O) groups excluding carboxylic acids is 1. The van der Waals surface area contributed by atoms with Crippen molar-refractivity contribution in [3.8, 4) is 0 Å². The van der Waals surface area contributed by atoms with E-state index in [9.17, 15) is 4.79 Å². The molecule has 1 heterocycles. The van der Waals surface area contributed by atoms with E-state index in [1.165, 1.54) is 18.4 Å². The van der Waals surface area contributed by atoms with E-state index in [0.717, 1.165) is 37.5 Å². The smallest absolute Gasteiger partial charge is 0.223 e. The SMILES string of the molecule is CC(CC(=O)N(Cc1ccc(Cl)cc1)C1CC1)C1CCCNC1. The molecule has 0 spiro atoms. The van der Waals surface area contributed by atoms with Crippen LogP contribution in [-0.4, -0.2) is 29.9 Å². The van der Waals surface area contributed by atoms with E-state index < -0.39 is 0 Å². The van der Waals surface area contributed by atoms with Crippen LogP contribution in [0.5, 0.6) is 0 Å². The summed E-state index contributed by atoms with van der Waals surface area (Å²) < 4.78 is 0.